The molecule has 3 rings (SSSR count). The number of nitrogens with zero attached hydrogens (tertiary/aromatic N) is 5. The molecule has 0 unspecified atom stereocenters. The van der Waals surface area contributed by atoms with Gasteiger partial charge in [-0.15, -0.1) is 15.3 Å². The van der Waals surface area contributed by atoms with Gasteiger partial charge in [0.05, 0.1) is 18.9 Å². The molecule has 0 fully saturated rings. The maximum absolute atomic E-state index is 11.3. The van der Waals surface area contributed by atoms with Crippen molar-refractivity contribution in [3.63, 3.8) is 0 Å². The van der Waals surface area contributed by atoms with Gasteiger partial charge in [-0.25, -0.2) is 4.79 Å². The van der Waals surface area contributed by atoms with E-state index in [-0.39, 0.29) is 5.97 Å². The Morgan fingerprint density at radius 3 is 2.86 bits per heavy atom. The maximum atomic E-state index is 11.3. The summed E-state index contributed by atoms with van der Waals surface area (Å²) >= 11 is 0. The highest BCUT2D eigenvalue weighted by atomic mass is 16.5. The number of carbonyl (C=O) groups excluding carboxylic acids is 1. The van der Waals surface area contributed by atoms with Crippen LogP contribution >= 0.6 is 0 Å². The summed E-state index contributed by atoms with van der Waals surface area (Å²) in [6.07, 6.45) is 3.13. The van der Waals surface area contributed by atoms with Gasteiger partial charge in [0.15, 0.2) is 11.5 Å². The second-order valence-electron chi connectivity index (χ2n) is 4.34. The number of aromatic nitrogens is 4. The summed E-state index contributed by atoms with van der Waals surface area (Å²) in [5.41, 5.74) is 4.81. The van der Waals surface area contributed by atoms with Crippen LogP contribution in [0.15, 0.2) is 47.8 Å². The lowest BCUT2D eigenvalue weighted by Gasteiger charge is -2.00. The standard InChI is InChI=1S/C14H12N6O2/c1-22-14(21)11-4-2-10(3-5-11)8-15-17-12-6-7-13-18-16-9-20(13)19-12/h2-9H,1H3,(H,17,19)/b15-8-. The van der Waals surface area contributed by atoms with Crippen molar-refractivity contribution >= 4 is 23.6 Å². The van der Waals surface area contributed by atoms with Crippen molar-refractivity contribution < 1.29 is 9.53 Å². The number of esters is 1. The second-order valence-corrected chi connectivity index (χ2v) is 4.34. The van der Waals surface area contributed by atoms with Crippen LogP contribution in [0.2, 0.25) is 0 Å². The first-order chi connectivity index (χ1) is 10.8. The lowest BCUT2D eigenvalue weighted by molar-refractivity contribution is 0.0600. The number of fused-ring (bicyclic) bond motifs is 1. The molecule has 8 heteroatoms. The van der Waals surface area contributed by atoms with Gasteiger partial charge in [0, 0.05) is 0 Å². The van der Waals surface area contributed by atoms with Gasteiger partial charge in [0.1, 0.15) is 6.33 Å². The lowest BCUT2D eigenvalue weighted by atomic mass is 10.1. The zero-order chi connectivity index (χ0) is 15.4. The summed E-state index contributed by atoms with van der Waals surface area (Å²) in [5.74, 6) is 0.197. The summed E-state index contributed by atoms with van der Waals surface area (Å²) in [5, 5.41) is 15.9. The minimum Gasteiger partial charge on any atom is -0.465 e. The van der Waals surface area contributed by atoms with Gasteiger partial charge >= 0.3 is 5.97 Å². The third kappa shape index (κ3) is 2.90. The van der Waals surface area contributed by atoms with Crippen LogP contribution in [0.1, 0.15) is 15.9 Å². The van der Waals surface area contributed by atoms with Crippen LogP contribution in [0.5, 0.6) is 0 Å². The number of carbonyl (C=O) groups is 1. The Kier molecular flexibility index (Phi) is 3.73. The van der Waals surface area contributed by atoms with Gasteiger partial charge in [-0.3, -0.25) is 5.43 Å². The van der Waals surface area contributed by atoms with Gasteiger partial charge in [-0.05, 0) is 29.8 Å². The van der Waals surface area contributed by atoms with Crippen LogP contribution in [0.4, 0.5) is 5.82 Å². The third-order valence-electron chi connectivity index (χ3n) is 2.89. The van der Waals surface area contributed by atoms with E-state index in [9.17, 15) is 4.79 Å². The van der Waals surface area contributed by atoms with Crippen LogP contribution in [-0.2, 0) is 4.74 Å². The topological polar surface area (TPSA) is 93.8 Å². The van der Waals surface area contributed by atoms with Gasteiger partial charge in [-0.2, -0.15) is 9.62 Å². The number of hydrazone groups is 1. The van der Waals surface area contributed by atoms with Crippen LogP contribution < -0.4 is 5.43 Å². The van der Waals surface area contributed by atoms with Crippen molar-refractivity contribution in [1.29, 1.82) is 0 Å². The van der Waals surface area contributed by atoms with Crippen molar-refractivity contribution in [3.8, 4) is 0 Å². The Hall–Kier alpha value is -3.29. The van der Waals surface area contributed by atoms with E-state index in [1.165, 1.54) is 13.4 Å². The second kappa shape index (κ2) is 6.00. The number of methoxy groups -OCH3 is 1. The predicted molar refractivity (Wildman–Crippen MR) is 79.8 cm³/mol. The number of benzene rings is 1. The Morgan fingerprint density at radius 1 is 1.27 bits per heavy atom. The molecule has 0 aliphatic rings. The largest absolute Gasteiger partial charge is 0.465 e. The Labute approximate surface area is 125 Å². The lowest BCUT2D eigenvalue weighted by Crippen LogP contribution is -2.01. The van der Waals surface area contributed by atoms with E-state index >= 15 is 0 Å². The highest BCUT2D eigenvalue weighted by Crippen LogP contribution is 2.06. The highest BCUT2D eigenvalue weighted by molar-refractivity contribution is 5.90. The molecule has 22 heavy (non-hydrogen) atoms. The van der Waals surface area contributed by atoms with Gasteiger partial charge < -0.3 is 4.74 Å². The molecule has 8 nitrogen and oxygen atoms in total. The highest BCUT2D eigenvalue weighted by Gasteiger charge is 2.03. The average Bonchev–Trinajstić information content (AvgIpc) is 3.02. The minimum absolute atomic E-state index is 0.368. The van der Waals surface area contributed by atoms with E-state index in [1.807, 2.05) is 0 Å². The summed E-state index contributed by atoms with van der Waals surface area (Å²) in [4.78, 5) is 11.3. The first-order valence-electron chi connectivity index (χ1n) is 6.41. The molecule has 1 N–H and O–H groups in total. The molecule has 3 aromatic rings. The molecule has 0 saturated carbocycles. The quantitative estimate of drug-likeness (QED) is 0.444. The summed E-state index contributed by atoms with van der Waals surface area (Å²) in [6.45, 7) is 0. The number of hydrogen-bond acceptors (Lipinski definition) is 7. The smallest absolute Gasteiger partial charge is 0.337 e. The molecule has 0 atom stereocenters. The SMILES string of the molecule is COC(=O)c1ccc(/C=N\Nc2ccc3nncn3n2)cc1. The molecule has 0 amide bonds. The van der Waals surface area contributed by atoms with Gasteiger partial charge in [0.25, 0.3) is 0 Å². The molecule has 110 valence electrons. The fraction of sp³-hybridized carbons (Fsp3) is 0.0714. The Morgan fingerprint density at radius 2 is 2.09 bits per heavy atom. The molecule has 0 bridgehead atoms. The number of anilines is 1. The molecule has 0 spiro atoms. The summed E-state index contributed by atoms with van der Waals surface area (Å²) in [6, 6.07) is 10.4. The zero-order valence-corrected chi connectivity index (χ0v) is 11.7. The zero-order valence-electron chi connectivity index (χ0n) is 11.7. The molecule has 2 heterocycles. The van der Waals surface area contributed by atoms with Crippen molar-refractivity contribution in [2.24, 2.45) is 5.10 Å². The van der Waals surface area contributed by atoms with Gasteiger partial charge in [-0.1, -0.05) is 12.1 Å². The number of ether oxygens (including phenoxy) is 1. The summed E-state index contributed by atoms with van der Waals surface area (Å²) < 4.78 is 6.18. The Balaban J connectivity index is 1.67. The van der Waals surface area contributed by atoms with E-state index in [1.54, 1.807) is 47.1 Å². The number of rotatable bonds is 4. The first kappa shape index (κ1) is 13.7. The molecule has 2 aromatic heterocycles. The molecular weight excluding hydrogens is 284 g/mol. The normalized spacial score (nSPS) is 11.0. The van der Waals surface area contributed by atoms with E-state index in [4.69, 9.17) is 0 Å². The van der Waals surface area contributed by atoms with Crippen LogP contribution in [0, 0.1) is 0 Å². The first-order valence-corrected chi connectivity index (χ1v) is 6.41. The fourth-order valence-corrected chi connectivity index (χ4v) is 1.78. The minimum atomic E-state index is -0.368. The van der Waals surface area contributed by atoms with E-state index in [2.05, 4.69) is 30.6 Å². The Bertz CT molecular complexity index is 825. The van der Waals surface area contributed by atoms with E-state index < -0.39 is 0 Å². The molecule has 0 aliphatic heterocycles. The van der Waals surface area contributed by atoms with E-state index in [0.717, 1.165) is 5.56 Å². The average molecular weight is 296 g/mol. The van der Waals surface area contributed by atoms with Crippen molar-refractivity contribution in [2.75, 3.05) is 12.5 Å². The summed E-state index contributed by atoms with van der Waals surface area (Å²) in [7, 11) is 1.35. The monoisotopic (exact) mass is 296 g/mol. The van der Waals surface area contributed by atoms with Crippen LogP contribution in [0.25, 0.3) is 5.65 Å². The van der Waals surface area contributed by atoms with Gasteiger partial charge in [0.2, 0.25) is 0 Å². The van der Waals surface area contributed by atoms with Crippen molar-refractivity contribution in [1.82, 2.24) is 19.8 Å². The van der Waals surface area contributed by atoms with E-state index in [0.29, 0.717) is 17.0 Å². The fourth-order valence-electron chi connectivity index (χ4n) is 1.78. The number of hydrogen-bond donors (Lipinski definition) is 1. The molecular formula is C14H12N6O2. The molecule has 0 saturated heterocycles. The van der Waals surface area contributed by atoms with Crippen LogP contribution in [0.3, 0.4) is 0 Å². The molecule has 0 radical (unpaired) electrons. The maximum Gasteiger partial charge on any atom is 0.337 e. The number of nitrogens with one attached hydrogen (secondary N) is 1. The molecule has 1 aromatic carbocycles. The predicted octanol–water partition coefficient (Wildman–Crippen LogP) is 1.36. The van der Waals surface area contributed by atoms with Crippen LogP contribution in [-0.4, -0.2) is 39.1 Å². The van der Waals surface area contributed by atoms with Crippen molar-refractivity contribution in [2.45, 2.75) is 0 Å². The molecule has 0 aliphatic carbocycles. The van der Waals surface area contributed by atoms with Crippen molar-refractivity contribution in [3.05, 3.63) is 53.9 Å². The third-order valence-corrected chi connectivity index (χ3v) is 2.89.